The van der Waals surface area contributed by atoms with Gasteiger partial charge in [0, 0.05) is 36.6 Å². The Morgan fingerprint density at radius 2 is 1.53 bits per heavy atom. The number of hydrogen-bond acceptors (Lipinski definition) is 8. The largest absolute Gasteiger partial charge is 0.481 e. The highest BCUT2D eigenvalue weighted by molar-refractivity contribution is 7.91. The molecule has 7 aliphatic rings. The smallest absolute Gasteiger partial charge is 0.309 e. The van der Waals surface area contributed by atoms with E-state index < -0.39 is 33.2 Å². The fourth-order valence-corrected chi connectivity index (χ4v) is 16.8. The van der Waals surface area contributed by atoms with E-state index in [9.17, 15) is 28.2 Å². The number of sulfone groups is 1. The lowest BCUT2D eigenvalue weighted by Gasteiger charge is -2.73. The molecule has 0 spiro atoms. The monoisotopic (exact) mass is 787 g/mol. The van der Waals surface area contributed by atoms with Crippen molar-refractivity contribution in [3.8, 4) is 0 Å². The van der Waals surface area contributed by atoms with E-state index >= 15 is 0 Å². The van der Waals surface area contributed by atoms with Crippen LogP contribution in [0.5, 0.6) is 0 Å². The molecule has 0 aromatic heterocycles. The Morgan fingerprint density at radius 3 is 2.13 bits per heavy atom. The normalized spacial score (nSPS) is 46.7. The number of aliphatic hydroxyl groups is 1. The topological polar surface area (TPSA) is 133 Å². The van der Waals surface area contributed by atoms with E-state index in [1.54, 1.807) is 0 Å². The van der Waals surface area contributed by atoms with Crippen molar-refractivity contribution in [2.45, 2.75) is 157 Å². The van der Waals surface area contributed by atoms with E-state index in [0.717, 1.165) is 38.5 Å². The summed E-state index contributed by atoms with van der Waals surface area (Å²) >= 11 is 0. The van der Waals surface area contributed by atoms with Crippen LogP contribution in [0.15, 0.2) is 12.2 Å². The molecule has 6 aliphatic carbocycles. The quantitative estimate of drug-likeness (QED) is 0.165. The minimum Gasteiger partial charge on any atom is -0.481 e. The van der Waals surface area contributed by atoms with Crippen LogP contribution in [0, 0.1) is 68.5 Å². The molecule has 1 saturated heterocycles. The Kier molecular flexibility index (Phi) is 10.4. The number of fused-ring (bicyclic) bond motifs is 7. The highest BCUT2D eigenvalue weighted by Crippen LogP contribution is 2.76. The summed E-state index contributed by atoms with van der Waals surface area (Å²) in [7, 11) is -3.00. The highest BCUT2D eigenvalue weighted by atomic mass is 32.2. The van der Waals surface area contributed by atoms with E-state index in [0.29, 0.717) is 55.6 Å². The van der Waals surface area contributed by atoms with Crippen molar-refractivity contribution >= 4 is 21.8 Å². The maximum absolute atomic E-state index is 13.6. The van der Waals surface area contributed by atoms with Gasteiger partial charge in [0.1, 0.15) is 6.10 Å². The Hall–Kier alpha value is -1.49. The zero-order valence-electron chi connectivity index (χ0n) is 35.6. The second-order valence-electron chi connectivity index (χ2n) is 22.0. The minimum atomic E-state index is -3.00. The lowest BCUT2D eigenvalue weighted by molar-refractivity contribution is -0.248. The van der Waals surface area contributed by atoms with Crippen molar-refractivity contribution < 1.29 is 33.0 Å². The zero-order chi connectivity index (χ0) is 40.3. The molecule has 1 aliphatic heterocycles. The predicted molar refractivity (Wildman–Crippen MR) is 216 cm³/mol. The molecule has 0 amide bonds. The van der Waals surface area contributed by atoms with Crippen molar-refractivity contribution in [1.82, 2.24) is 10.2 Å². The summed E-state index contributed by atoms with van der Waals surface area (Å²) in [5, 5.41) is 24.8. The Labute approximate surface area is 332 Å². The van der Waals surface area contributed by atoms with Gasteiger partial charge in [-0.1, -0.05) is 60.6 Å². The minimum absolute atomic E-state index is 0.0174. The number of nitrogens with one attached hydrogen (secondary N) is 1. The van der Waals surface area contributed by atoms with E-state index in [-0.39, 0.29) is 62.7 Å². The first-order valence-corrected chi connectivity index (χ1v) is 23.7. The van der Waals surface area contributed by atoms with Crippen LogP contribution in [0.25, 0.3) is 0 Å². The van der Waals surface area contributed by atoms with Crippen LogP contribution >= 0.6 is 0 Å². The van der Waals surface area contributed by atoms with E-state index in [2.05, 4.69) is 58.3 Å². The maximum atomic E-state index is 13.6. The summed E-state index contributed by atoms with van der Waals surface area (Å²) in [5.74, 6) is 0.964. The number of rotatable bonds is 9. The standard InChI is InChI=1S/C45H74N2O7S/c1-27(2)29-13-18-45(46-26-33(28(3)48)47-21-23-55(52,53)24-22-47)20-19-43(9)30(37(29)45)11-12-35-42(8)16-15-36(41(6,7)34(42)14-17-44(35,43)10)54-39(51)32-25-31(38(49)50)40(32,4)5/h28-37,46,48H,1,11-26H2,2-10H3,(H,49,50)/t28-,29+,30-,31-,32+,33+,34+,35-,36+,37-,42+,43-,44-,45+/m1/s1. The summed E-state index contributed by atoms with van der Waals surface area (Å²) in [4.78, 5) is 27.6. The zero-order valence-corrected chi connectivity index (χ0v) is 36.4. The molecule has 6 saturated carbocycles. The number of carboxylic acid groups (broad SMARTS) is 1. The molecule has 0 unspecified atom stereocenters. The molecule has 0 radical (unpaired) electrons. The van der Waals surface area contributed by atoms with Gasteiger partial charge in [0.15, 0.2) is 9.84 Å². The van der Waals surface area contributed by atoms with Gasteiger partial charge in [-0.05, 0) is 136 Å². The van der Waals surface area contributed by atoms with E-state index in [1.165, 1.54) is 31.3 Å². The summed E-state index contributed by atoms with van der Waals surface area (Å²) < 4.78 is 30.9. The van der Waals surface area contributed by atoms with Gasteiger partial charge in [-0.15, -0.1) is 0 Å². The number of carbonyl (C=O) groups excluding carboxylic acids is 1. The van der Waals surface area contributed by atoms with Crippen molar-refractivity contribution in [2.24, 2.45) is 68.5 Å². The second kappa shape index (κ2) is 13.8. The van der Waals surface area contributed by atoms with Crippen molar-refractivity contribution in [3.05, 3.63) is 12.2 Å². The number of carboxylic acids is 1. The van der Waals surface area contributed by atoms with Crippen molar-refractivity contribution in [1.29, 1.82) is 0 Å². The molecule has 10 heteroatoms. The van der Waals surface area contributed by atoms with Gasteiger partial charge in [-0.2, -0.15) is 0 Å². The molecule has 7 fully saturated rings. The Balaban J connectivity index is 1.10. The van der Waals surface area contributed by atoms with Gasteiger partial charge < -0.3 is 20.3 Å². The molecule has 312 valence electrons. The van der Waals surface area contributed by atoms with Crippen LogP contribution in [0.3, 0.4) is 0 Å². The summed E-state index contributed by atoms with van der Waals surface area (Å²) in [6, 6.07) is -0.120. The molecule has 9 nitrogen and oxygen atoms in total. The van der Waals surface area contributed by atoms with Crippen LogP contribution in [0.4, 0.5) is 0 Å². The number of nitrogens with zero attached hydrogens (tertiary/aromatic N) is 1. The molecule has 3 N–H and O–H groups in total. The first kappa shape index (κ1) is 41.7. The summed E-state index contributed by atoms with van der Waals surface area (Å²) in [5.41, 5.74) is 1.00. The van der Waals surface area contributed by atoms with Gasteiger partial charge in [-0.25, -0.2) is 8.42 Å². The Bertz CT molecular complexity index is 1640. The highest BCUT2D eigenvalue weighted by Gasteiger charge is 2.71. The molecule has 7 rings (SSSR count). The molecule has 0 bridgehead atoms. The average molecular weight is 787 g/mol. The van der Waals surface area contributed by atoms with E-state index in [4.69, 9.17) is 4.74 Å². The third kappa shape index (κ3) is 6.33. The van der Waals surface area contributed by atoms with Crippen LogP contribution in [-0.2, 0) is 24.2 Å². The van der Waals surface area contributed by atoms with Gasteiger partial charge in [0.05, 0.1) is 29.4 Å². The van der Waals surface area contributed by atoms with Crippen LogP contribution in [0.2, 0.25) is 0 Å². The molecule has 1 heterocycles. The van der Waals surface area contributed by atoms with Gasteiger partial charge in [0.25, 0.3) is 0 Å². The third-order valence-electron chi connectivity index (χ3n) is 19.2. The molecule has 55 heavy (non-hydrogen) atoms. The number of ether oxygens (including phenoxy) is 1. The lowest BCUT2D eigenvalue weighted by atomic mass is 9.32. The first-order valence-electron chi connectivity index (χ1n) is 21.9. The fraction of sp³-hybridized carbons (Fsp3) is 0.911. The van der Waals surface area contributed by atoms with Crippen LogP contribution in [0.1, 0.15) is 133 Å². The lowest BCUT2D eigenvalue weighted by Crippen LogP contribution is -2.69. The van der Waals surface area contributed by atoms with Crippen molar-refractivity contribution in [2.75, 3.05) is 31.1 Å². The predicted octanol–water partition coefficient (Wildman–Crippen LogP) is 7.12. The molecule has 0 aromatic carbocycles. The molecular weight excluding hydrogens is 713 g/mol. The number of aliphatic carboxylic acids is 1. The average Bonchev–Trinajstić information content (AvgIpc) is 3.46. The van der Waals surface area contributed by atoms with Gasteiger partial charge in [0.2, 0.25) is 0 Å². The Morgan fingerprint density at radius 1 is 0.855 bits per heavy atom. The SMILES string of the molecule is C=C(C)[C@@H]1CC[C@]2(NC[C@@H]([C@@H](C)O)N3CCS(=O)(=O)CC3)CC[C@]3(C)[C@H](CC[C@@H]4[C@@]5(C)CC[C@H](OC(=O)[C@@H]6C[C@H](C(=O)O)C6(C)C)C(C)(C)[C@@H]5CC[C@]43C)[C@@H]12. The number of carbonyl (C=O) groups is 2. The number of aliphatic hydroxyl groups excluding tert-OH is 1. The van der Waals surface area contributed by atoms with Gasteiger partial charge in [-0.3, -0.25) is 14.5 Å². The molecular formula is C45H74N2O7S. The van der Waals surface area contributed by atoms with Gasteiger partial charge >= 0.3 is 11.9 Å². The van der Waals surface area contributed by atoms with E-state index in [1.807, 2.05) is 20.8 Å². The third-order valence-corrected chi connectivity index (χ3v) is 20.8. The molecule has 14 atom stereocenters. The summed E-state index contributed by atoms with van der Waals surface area (Å²) in [6.07, 6.45) is 10.8. The number of allylic oxidation sites excluding steroid dienone is 1. The number of hydrogen-bond donors (Lipinski definition) is 3. The second-order valence-corrected chi connectivity index (χ2v) is 24.3. The molecule has 0 aromatic rings. The van der Waals surface area contributed by atoms with Crippen LogP contribution in [-0.4, -0.2) is 90.4 Å². The fourth-order valence-electron chi connectivity index (χ4n) is 15.6. The van der Waals surface area contributed by atoms with Crippen LogP contribution < -0.4 is 5.32 Å². The first-order chi connectivity index (χ1) is 25.5. The number of esters is 1. The van der Waals surface area contributed by atoms with Crippen molar-refractivity contribution in [3.63, 3.8) is 0 Å². The summed E-state index contributed by atoms with van der Waals surface area (Å²) in [6.45, 7) is 26.7. The maximum Gasteiger partial charge on any atom is 0.309 e.